The van der Waals surface area contributed by atoms with E-state index in [-0.39, 0.29) is 5.48 Å². The Balaban J connectivity index is 0.000000500. The molecule has 1 aliphatic carbocycles. The molecule has 0 radical (unpaired) electrons. The first-order valence-corrected chi connectivity index (χ1v) is 3.21. The minimum atomic E-state index is 0. The first-order valence-electron chi connectivity index (χ1n) is 3.21. The maximum absolute atomic E-state index is 2.20. The molecule has 0 heterocycles. The molecule has 10 heavy (non-hydrogen) atoms. The highest BCUT2D eigenvalue weighted by molar-refractivity contribution is 5.59. The molecule has 1 nitrogen and oxygen atoms in total. The van der Waals surface area contributed by atoms with Crippen LogP contribution in [0.5, 0.6) is 0 Å². The van der Waals surface area contributed by atoms with Crippen molar-refractivity contribution >= 4 is 6.08 Å². The van der Waals surface area contributed by atoms with Crippen molar-refractivity contribution in [3.05, 3.63) is 41.5 Å². The highest BCUT2D eigenvalue weighted by Gasteiger charge is 2.00. The van der Waals surface area contributed by atoms with Gasteiger partial charge in [-0.15, -0.1) is 0 Å². The Morgan fingerprint density at radius 1 is 1.10 bits per heavy atom. The van der Waals surface area contributed by atoms with E-state index in [4.69, 9.17) is 0 Å². The van der Waals surface area contributed by atoms with Crippen LogP contribution in [0.25, 0.3) is 6.08 Å². The van der Waals surface area contributed by atoms with Gasteiger partial charge in [-0.2, -0.15) is 0 Å². The predicted octanol–water partition coefficient (Wildman–Crippen LogP) is 1.43. The van der Waals surface area contributed by atoms with Gasteiger partial charge in [-0.05, 0) is 17.5 Å². The van der Waals surface area contributed by atoms with E-state index >= 15 is 0 Å². The summed E-state index contributed by atoms with van der Waals surface area (Å²) in [5.41, 5.74) is 2.84. The van der Waals surface area contributed by atoms with Crippen LogP contribution in [-0.4, -0.2) is 5.48 Å². The topological polar surface area (TPSA) is 31.5 Å². The van der Waals surface area contributed by atoms with Gasteiger partial charge in [0.1, 0.15) is 0 Å². The summed E-state index contributed by atoms with van der Waals surface area (Å²) >= 11 is 0. The van der Waals surface area contributed by atoms with Gasteiger partial charge < -0.3 is 5.48 Å². The van der Waals surface area contributed by atoms with Crippen LogP contribution in [0, 0.1) is 0 Å². The Hall–Kier alpha value is -1.08. The molecule has 1 aromatic rings. The number of rotatable bonds is 0. The zero-order valence-corrected chi connectivity index (χ0v) is 5.67. The maximum atomic E-state index is 2.20. The number of fused-ring (bicyclic) bond motifs is 1. The molecule has 0 spiro atoms. The Bertz CT molecular complexity index is 251. The molecule has 0 saturated heterocycles. The van der Waals surface area contributed by atoms with Gasteiger partial charge in [-0.1, -0.05) is 36.4 Å². The molecule has 1 heteroatoms. The van der Waals surface area contributed by atoms with Gasteiger partial charge >= 0.3 is 0 Å². The average Bonchev–Trinajstić information content (AvgIpc) is 2.33. The first-order chi connectivity index (χ1) is 4.47. The van der Waals surface area contributed by atoms with Crippen LogP contribution in [0.4, 0.5) is 0 Å². The molecule has 0 unspecified atom stereocenters. The lowest BCUT2D eigenvalue weighted by atomic mass is 10.1. The molecule has 1 aromatic carbocycles. The van der Waals surface area contributed by atoms with Gasteiger partial charge in [0.25, 0.3) is 0 Å². The normalized spacial score (nSPS) is 12.4. The van der Waals surface area contributed by atoms with Gasteiger partial charge in [-0.25, -0.2) is 0 Å². The van der Waals surface area contributed by atoms with Gasteiger partial charge in [0, 0.05) is 0 Å². The lowest BCUT2D eigenvalue weighted by Crippen LogP contribution is -1.76. The van der Waals surface area contributed by atoms with Crippen LogP contribution in [-0.2, 0) is 6.42 Å². The minimum Gasteiger partial charge on any atom is -0.412 e. The molecule has 0 amide bonds. The smallest absolute Gasteiger partial charge is 0.00882 e. The van der Waals surface area contributed by atoms with Gasteiger partial charge in [-0.3, -0.25) is 0 Å². The van der Waals surface area contributed by atoms with Crippen LogP contribution in [0.1, 0.15) is 11.1 Å². The number of hydrogen-bond acceptors (Lipinski definition) is 0. The monoisotopic (exact) mass is 134 g/mol. The van der Waals surface area contributed by atoms with Crippen molar-refractivity contribution in [1.29, 1.82) is 0 Å². The van der Waals surface area contributed by atoms with E-state index in [9.17, 15) is 0 Å². The Morgan fingerprint density at radius 2 is 1.90 bits per heavy atom. The Kier molecular flexibility index (Phi) is 1.88. The standard InChI is InChI=1S/C9H8.H2O/c1-2-5-9-7-3-6-8(9)4-1;/h1-6H,7H2;1H2. The molecule has 2 N–H and O–H groups in total. The van der Waals surface area contributed by atoms with Crippen molar-refractivity contribution in [2.45, 2.75) is 6.42 Å². The van der Waals surface area contributed by atoms with Crippen molar-refractivity contribution in [1.82, 2.24) is 0 Å². The second-order valence-electron chi connectivity index (χ2n) is 2.31. The van der Waals surface area contributed by atoms with Crippen LogP contribution in [0.3, 0.4) is 0 Å². The maximum Gasteiger partial charge on any atom is -0.00882 e. The van der Waals surface area contributed by atoms with Crippen LogP contribution < -0.4 is 0 Å². The number of hydrogen-bond donors (Lipinski definition) is 0. The summed E-state index contributed by atoms with van der Waals surface area (Å²) in [4.78, 5) is 0. The van der Waals surface area contributed by atoms with Crippen molar-refractivity contribution in [3.8, 4) is 0 Å². The zero-order chi connectivity index (χ0) is 6.10. The summed E-state index contributed by atoms with van der Waals surface area (Å²) in [6.07, 6.45) is 5.50. The summed E-state index contributed by atoms with van der Waals surface area (Å²) in [6.45, 7) is 0. The fraction of sp³-hybridized carbons (Fsp3) is 0.111. The van der Waals surface area contributed by atoms with Crippen LogP contribution >= 0.6 is 0 Å². The minimum absolute atomic E-state index is 0. The Labute approximate surface area is 60.3 Å². The Morgan fingerprint density at radius 3 is 2.70 bits per heavy atom. The fourth-order valence-electron chi connectivity index (χ4n) is 1.20. The fourth-order valence-corrected chi connectivity index (χ4v) is 1.20. The zero-order valence-electron chi connectivity index (χ0n) is 5.67. The second kappa shape index (κ2) is 2.67. The summed E-state index contributed by atoms with van der Waals surface area (Å²) in [7, 11) is 0. The summed E-state index contributed by atoms with van der Waals surface area (Å²) in [5.74, 6) is 0. The predicted molar refractivity (Wildman–Crippen MR) is 42.8 cm³/mol. The van der Waals surface area contributed by atoms with E-state index in [2.05, 4.69) is 36.4 Å². The van der Waals surface area contributed by atoms with E-state index < -0.39 is 0 Å². The van der Waals surface area contributed by atoms with E-state index in [0.717, 1.165) is 6.42 Å². The quantitative estimate of drug-likeness (QED) is 0.514. The highest BCUT2D eigenvalue weighted by atomic mass is 16.0. The molecule has 0 aliphatic heterocycles. The molecule has 2 rings (SSSR count). The molecular weight excluding hydrogens is 124 g/mol. The van der Waals surface area contributed by atoms with Gasteiger partial charge in [0.15, 0.2) is 0 Å². The van der Waals surface area contributed by atoms with Crippen molar-refractivity contribution in [3.63, 3.8) is 0 Å². The van der Waals surface area contributed by atoms with E-state index in [0.29, 0.717) is 0 Å². The largest absolute Gasteiger partial charge is 0.412 e. The highest BCUT2D eigenvalue weighted by Crippen LogP contribution is 2.17. The summed E-state index contributed by atoms with van der Waals surface area (Å²) < 4.78 is 0. The molecule has 52 valence electrons. The molecular formula is C9H10O. The summed E-state index contributed by atoms with van der Waals surface area (Å²) in [5, 5.41) is 0. The van der Waals surface area contributed by atoms with Crippen LogP contribution in [0.15, 0.2) is 30.3 Å². The lowest BCUT2D eigenvalue weighted by Gasteiger charge is -1.93. The number of benzene rings is 1. The SMILES string of the molecule is C1=Cc2ccccc2C1.O. The van der Waals surface area contributed by atoms with E-state index in [1.54, 1.807) is 0 Å². The third kappa shape index (κ3) is 0.957. The summed E-state index contributed by atoms with van der Waals surface area (Å²) in [6, 6.07) is 8.49. The molecule has 0 fully saturated rings. The van der Waals surface area contributed by atoms with Gasteiger partial charge in [0.05, 0.1) is 0 Å². The van der Waals surface area contributed by atoms with Gasteiger partial charge in [0.2, 0.25) is 0 Å². The second-order valence-corrected chi connectivity index (χ2v) is 2.31. The van der Waals surface area contributed by atoms with E-state index in [1.807, 2.05) is 0 Å². The van der Waals surface area contributed by atoms with Crippen molar-refractivity contribution in [2.24, 2.45) is 0 Å². The molecule has 0 saturated carbocycles. The molecule has 0 bridgehead atoms. The first kappa shape index (κ1) is 7.03. The van der Waals surface area contributed by atoms with Crippen molar-refractivity contribution in [2.75, 3.05) is 0 Å². The third-order valence-corrected chi connectivity index (χ3v) is 1.69. The number of allylic oxidation sites excluding steroid dienone is 1. The van der Waals surface area contributed by atoms with Crippen LogP contribution in [0.2, 0.25) is 0 Å². The third-order valence-electron chi connectivity index (χ3n) is 1.69. The average molecular weight is 134 g/mol. The lowest BCUT2D eigenvalue weighted by molar-refractivity contribution is 0.824. The molecule has 0 atom stereocenters. The molecule has 1 aliphatic rings. The van der Waals surface area contributed by atoms with Crippen molar-refractivity contribution < 1.29 is 5.48 Å². The molecule has 0 aromatic heterocycles. The van der Waals surface area contributed by atoms with E-state index in [1.165, 1.54) is 11.1 Å².